The van der Waals surface area contributed by atoms with E-state index in [0.29, 0.717) is 16.5 Å². The molecule has 24 heavy (non-hydrogen) atoms. The average Bonchev–Trinajstić information content (AvgIpc) is 2.74. The zero-order chi connectivity index (χ0) is 16.8. The van der Waals surface area contributed by atoms with Crippen LogP contribution in [0.5, 0.6) is 0 Å². The number of aryl methyl sites for hydroxylation is 1. The number of hydrogen-bond donors (Lipinski definition) is 1. The van der Waals surface area contributed by atoms with Gasteiger partial charge in [0.05, 0.1) is 6.10 Å². The molecular weight excluding hydrogens is 436 g/mol. The van der Waals surface area contributed by atoms with Crippen molar-refractivity contribution in [2.24, 2.45) is 11.8 Å². The molecule has 1 aromatic carbocycles. The molecule has 1 radical (unpaired) electrons. The van der Waals surface area contributed by atoms with Crippen LogP contribution < -0.4 is 0 Å². The summed E-state index contributed by atoms with van der Waals surface area (Å²) < 4.78 is 0. The fourth-order valence-electron chi connectivity index (χ4n) is 3.28. The number of aliphatic hydroxyl groups is 1. The second kappa shape index (κ2) is 11.4. The molecule has 1 aliphatic rings. The van der Waals surface area contributed by atoms with Gasteiger partial charge in [0.2, 0.25) is 0 Å². The summed E-state index contributed by atoms with van der Waals surface area (Å²) in [5.41, 5.74) is 1.12. The Morgan fingerprint density at radius 2 is 1.88 bits per heavy atom. The van der Waals surface area contributed by atoms with Gasteiger partial charge in [-0.2, -0.15) is 6.42 Å². The Kier molecular flexibility index (Phi) is 10.8. The summed E-state index contributed by atoms with van der Waals surface area (Å²) >= 11 is 17.6. The fourth-order valence-corrected chi connectivity index (χ4v) is 4.31. The minimum Gasteiger partial charge on any atom is -0.392 e. The molecule has 1 N–H and O–H groups in total. The second-order valence-electron chi connectivity index (χ2n) is 6.17. The van der Waals surface area contributed by atoms with Crippen LogP contribution in [0.25, 0.3) is 0 Å². The molecule has 0 heterocycles. The van der Waals surface area contributed by atoms with Crippen molar-refractivity contribution in [1.82, 2.24) is 0 Å². The molecule has 5 heteroatoms. The molecule has 0 amide bonds. The van der Waals surface area contributed by atoms with E-state index in [2.05, 4.69) is 19.1 Å². The fraction of sp³-hybridized carbons (Fsp3) is 0.474. The predicted octanol–water partition coefficient (Wildman–Crippen LogP) is 5.85. The first kappa shape index (κ1) is 22.7. The van der Waals surface area contributed by atoms with E-state index >= 15 is 0 Å². The Bertz CT molecular complexity index is 556. The first-order valence-electron chi connectivity index (χ1n) is 8.11. The van der Waals surface area contributed by atoms with Gasteiger partial charge in [-0.3, -0.25) is 0 Å². The molecule has 1 fully saturated rings. The Morgan fingerprint density at radius 1 is 1.21 bits per heavy atom. The molecule has 0 spiro atoms. The third-order valence-corrected chi connectivity index (χ3v) is 5.35. The first-order chi connectivity index (χ1) is 11.0. The van der Waals surface area contributed by atoms with Crippen LogP contribution in [0.1, 0.15) is 37.7 Å². The number of thiocarbonyl (C=S) groups is 1. The summed E-state index contributed by atoms with van der Waals surface area (Å²) in [6.07, 6.45) is 9.20. The maximum absolute atomic E-state index is 10.3. The van der Waals surface area contributed by atoms with Crippen molar-refractivity contribution >= 4 is 40.3 Å². The van der Waals surface area contributed by atoms with Crippen LogP contribution in [0.15, 0.2) is 30.4 Å². The van der Waals surface area contributed by atoms with E-state index < -0.39 is 0 Å². The van der Waals surface area contributed by atoms with Crippen LogP contribution in [0, 0.1) is 18.8 Å². The Labute approximate surface area is 186 Å². The van der Waals surface area contributed by atoms with Gasteiger partial charge in [0.25, 0.3) is 0 Å². The predicted molar refractivity (Wildman–Crippen MR) is 103 cm³/mol. The summed E-state index contributed by atoms with van der Waals surface area (Å²) in [7, 11) is 0. The molecule has 0 bridgehead atoms. The molecular formula is C19H23Cl2OSY-. The van der Waals surface area contributed by atoms with Crippen molar-refractivity contribution in [2.45, 2.75) is 44.6 Å². The summed E-state index contributed by atoms with van der Waals surface area (Å²) in [5.74, 6) is 0.500. The summed E-state index contributed by atoms with van der Waals surface area (Å²) in [6, 6.07) is 5.64. The van der Waals surface area contributed by atoms with Crippen molar-refractivity contribution in [2.75, 3.05) is 0 Å². The Balaban J connectivity index is 0.00000288. The van der Waals surface area contributed by atoms with Gasteiger partial charge < -0.3 is 12.0 Å². The number of allylic oxidation sites excluding steroid dienone is 2. The minimum atomic E-state index is -0.320. The molecule has 1 unspecified atom stereocenters. The second-order valence-corrected chi connectivity index (χ2v) is 7.57. The normalized spacial score (nSPS) is 23.7. The van der Waals surface area contributed by atoms with Gasteiger partial charge >= 0.3 is 0 Å². The third kappa shape index (κ3) is 6.78. The van der Waals surface area contributed by atoms with Gasteiger partial charge in [-0.25, -0.2) is 0 Å². The molecule has 2 rings (SSSR count). The van der Waals surface area contributed by atoms with Gasteiger partial charge in [0, 0.05) is 49.2 Å². The van der Waals surface area contributed by atoms with E-state index in [9.17, 15) is 5.11 Å². The Hall–Kier alpha value is 0.694. The van der Waals surface area contributed by atoms with Crippen LogP contribution in [0.4, 0.5) is 0 Å². The van der Waals surface area contributed by atoms with Crippen LogP contribution in [0.3, 0.4) is 0 Å². The largest absolute Gasteiger partial charge is 0.392 e. The zero-order valence-corrected chi connectivity index (χ0v) is 18.9. The molecule has 1 saturated carbocycles. The SMILES string of the molecule is [CH2-]CC/C=C\C[C@H]1C(O)CC(=S)[C@@H]1CCc1cc(Cl)cc(Cl)c1.[Y]. The summed E-state index contributed by atoms with van der Waals surface area (Å²) in [4.78, 5) is 1.00. The number of hydrogen-bond acceptors (Lipinski definition) is 2. The smallest absolute Gasteiger partial charge is 0.0622 e. The molecule has 1 aliphatic carbocycles. The number of unbranched alkanes of at least 4 members (excludes halogenated alkanes) is 1. The van der Waals surface area contributed by atoms with Crippen molar-refractivity contribution in [3.8, 4) is 0 Å². The third-order valence-electron chi connectivity index (χ3n) is 4.45. The standard InChI is InChI=1S/C19H23Cl2OS.Y/c1-2-3-4-5-6-16-17(19(23)12-18(16)22)8-7-13-9-14(20)11-15(21)10-13;/h4-5,9-11,16-18,22H,1-3,6-8,12H2;/q-1;/b5-4-;/t16-,17-,18?;/m1./s1. The molecule has 129 valence electrons. The monoisotopic (exact) mass is 458 g/mol. The number of aliphatic hydroxyl groups excluding tert-OH is 1. The van der Waals surface area contributed by atoms with Crippen molar-refractivity contribution in [3.63, 3.8) is 0 Å². The molecule has 0 aromatic heterocycles. The molecule has 1 aromatic rings. The average molecular weight is 459 g/mol. The molecule has 0 saturated heterocycles. The topological polar surface area (TPSA) is 20.2 Å². The van der Waals surface area contributed by atoms with Crippen molar-refractivity contribution in [3.05, 3.63) is 52.9 Å². The number of halogens is 2. The van der Waals surface area contributed by atoms with E-state index in [-0.39, 0.29) is 50.6 Å². The van der Waals surface area contributed by atoms with Gasteiger partial charge in [0.1, 0.15) is 0 Å². The van der Waals surface area contributed by atoms with Gasteiger partial charge in [-0.15, -0.1) is 0 Å². The van der Waals surface area contributed by atoms with E-state index in [1.165, 1.54) is 0 Å². The minimum absolute atomic E-state index is 0. The maximum atomic E-state index is 10.3. The molecule has 1 nitrogen and oxygen atoms in total. The van der Waals surface area contributed by atoms with Crippen molar-refractivity contribution in [1.29, 1.82) is 0 Å². The van der Waals surface area contributed by atoms with E-state index in [4.69, 9.17) is 35.4 Å². The summed E-state index contributed by atoms with van der Waals surface area (Å²) in [5, 5.41) is 11.6. The van der Waals surface area contributed by atoms with Crippen LogP contribution in [0.2, 0.25) is 10.0 Å². The van der Waals surface area contributed by atoms with Crippen LogP contribution in [-0.2, 0) is 39.1 Å². The van der Waals surface area contributed by atoms with Gasteiger partial charge in [-0.1, -0.05) is 54.0 Å². The van der Waals surface area contributed by atoms with Gasteiger partial charge in [-0.05, 0) is 59.7 Å². The quantitative estimate of drug-likeness (QED) is 0.314. The molecule has 3 atom stereocenters. The first-order valence-corrected chi connectivity index (χ1v) is 9.27. The molecule has 0 aliphatic heterocycles. The van der Waals surface area contributed by atoms with Crippen LogP contribution >= 0.6 is 35.4 Å². The van der Waals surface area contributed by atoms with E-state index in [1.807, 2.05) is 12.1 Å². The van der Waals surface area contributed by atoms with Crippen LogP contribution in [-0.4, -0.2) is 16.1 Å². The van der Waals surface area contributed by atoms with E-state index in [1.54, 1.807) is 6.07 Å². The maximum Gasteiger partial charge on any atom is 0.0622 e. The zero-order valence-electron chi connectivity index (χ0n) is 13.8. The summed E-state index contributed by atoms with van der Waals surface area (Å²) in [6.45, 7) is 3.83. The Morgan fingerprint density at radius 3 is 2.50 bits per heavy atom. The number of rotatable bonds is 7. The number of benzene rings is 1. The van der Waals surface area contributed by atoms with E-state index in [0.717, 1.165) is 42.5 Å². The van der Waals surface area contributed by atoms with Crippen molar-refractivity contribution < 1.29 is 37.8 Å². The van der Waals surface area contributed by atoms with Gasteiger partial charge in [0.15, 0.2) is 0 Å².